The predicted molar refractivity (Wildman–Crippen MR) is 53.4 cm³/mol. The van der Waals surface area contributed by atoms with E-state index in [1.807, 2.05) is 0 Å². The number of ketones is 1. The normalized spacial score (nSPS) is 19.9. The lowest BCUT2D eigenvalue weighted by atomic mass is 10.1. The molecule has 1 rings (SSSR count). The van der Waals surface area contributed by atoms with Crippen LogP contribution in [0.1, 0.15) is 12.8 Å². The van der Waals surface area contributed by atoms with Crippen LogP contribution < -0.4 is 0 Å². The third-order valence-electron chi connectivity index (χ3n) is 2.57. The minimum Gasteiger partial charge on any atom is -0.381 e. The molecule has 1 saturated heterocycles. The molecule has 4 heteroatoms. The van der Waals surface area contributed by atoms with E-state index >= 15 is 0 Å². The SMILES string of the molecule is COCC(=O)CN1CCC(OC)CC1. The van der Waals surface area contributed by atoms with Gasteiger partial charge in [-0.1, -0.05) is 0 Å². The van der Waals surface area contributed by atoms with Gasteiger partial charge < -0.3 is 9.47 Å². The molecule has 0 N–H and O–H groups in total. The molecule has 1 aliphatic rings. The molecule has 0 atom stereocenters. The smallest absolute Gasteiger partial charge is 0.172 e. The molecule has 0 amide bonds. The minimum atomic E-state index is 0.156. The van der Waals surface area contributed by atoms with Crippen LogP contribution in [0.2, 0.25) is 0 Å². The van der Waals surface area contributed by atoms with E-state index in [4.69, 9.17) is 9.47 Å². The van der Waals surface area contributed by atoms with Crippen molar-refractivity contribution in [1.29, 1.82) is 0 Å². The lowest BCUT2D eigenvalue weighted by molar-refractivity contribution is -0.124. The van der Waals surface area contributed by atoms with Gasteiger partial charge in [0.1, 0.15) is 6.61 Å². The van der Waals surface area contributed by atoms with Gasteiger partial charge in [-0.25, -0.2) is 0 Å². The second-order valence-electron chi connectivity index (χ2n) is 3.68. The molecule has 0 radical (unpaired) electrons. The van der Waals surface area contributed by atoms with Crippen molar-refractivity contribution in [2.24, 2.45) is 0 Å². The first-order valence-electron chi connectivity index (χ1n) is 5.02. The molecule has 0 spiro atoms. The van der Waals surface area contributed by atoms with Crippen molar-refractivity contribution in [2.45, 2.75) is 18.9 Å². The Hall–Kier alpha value is -0.450. The zero-order chi connectivity index (χ0) is 10.4. The van der Waals surface area contributed by atoms with Crippen molar-refractivity contribution < 1.29 is 14.3 Å². The van der Waals surface area contributed by atoms with E-state index in [1.54, 1.807) is 14.2 Å². The average molecular weight is 201 g/mol. The van der Waals surface area contributed by atoms with Crippen LogP contribution in [0, 0.1) is 0 Å². The van der Waals surface area contributed by atoms with E-state index in [2.05, 4.69) is 4.90 Å². The van der Waals surface area contributed by atoms with Crippen LogP contribution in [-0.2, 0) is 14.3 Å². The van der Waals surface area contributed by atoms with Gasteiger partial charge in [-0.3, -0.25) is 9.69 Å². The summed E-state index contributed by atoms with van der Waals surface area (Å²) in [5, 5.41) is 0. The Labute approximate surface area is 85.2 Å². The number of Topliss-reactive ketones (excluding diaryl/α,β-unsaturated/α-hetero) is 1. The maximum atomic E-state index is 11.3. The summed E-state index contributed by atoms with van der Waals surface area (Å²) in [4.78, 5) is 13.4. The maximum absolute atomic E-state index is 11.3. The number of hydrogen-bond acceptors (Lipinski definition) is 4. The van der Waals surface area contributed by atoms with Gasteiger partial charge in [0, 0.05) is 27.3 Å². The Morgan fingerprint density at radius 1 is 1.36 bits per heavy atom. The zero-order valence-corrected chi connectivity index (χ0v) is 8.99. The van der Waals surface area contributed by atoms with Gasteiger partial charge >= 0.3 is 0 Å². The summed E-state index contributed by atoms with van der Waals surface area (Å²) in [5.41, 5.74) is 0. The van der Waals surface area contributed by atoms with Gasteiger partial charge in [-0.15, -0.1) is 0 Å². The molecule has 14 heavy (non-hydrogen) atoms. The Kier molecular flexibility index (Phi) is 5.07. The largest absolute Gasteiger partial charge is 0.381 e. The van der Waals surface area contributed by atoms with Gasteiger partial charge in [-0.05, 0) is 12.8 Å². The van der Waals surface area contributed by atoms with Gasteiger partial charge in [0.05, 0.1) is 12.6 Å². The molecule has 0 aromatic rings. The number of methoxy groups -OCH3 is 2. The van der Waals surface area contributed by atoms with Crippen molar-refractivity contribution in [3.8, 4) is 0 Å². The highest BCUT2D eigenvalue weighted by Gasteiger charge is 2.19. The van der Waals surface area contributed by atoms with Crippen LogP contribution >= 0.6 is 0 Å². The van der Waals surface area contributed by atoms with Crippen molar-refractivity contribution in [3.05, 3.63) is 0 Å². The van der Waals surface area contributed by atoms with E-state index in [0.717, 1.165) is 25.9 Å². The van der Waals surface area contributed by atoms with Crippen LogP contribution in [0.15, 0.2) is 0 Å². The fourth-order valence-electron chi connectivity index (χ4n) is 1.76. The number of carbonyl (C=O) groups excluding carboxylic acids is 1. The fourth-order valence-corrected chi connectivity index (χ4v) is 1.76. The number of ether oxygens (including phenoxy) is 2. The summed E-state index contributed by atoms with van der Waals surface area (Å²) in [6.45, 7) is 2.65. The van der Waals surface area contributed by atoms with Crippen LogP contribution in [0.25, 0.3) is 0 Å². The van der Waals surface area contributed by atoms with Crippen LogP contribution in [-0.4, -0.2) is 57.2 Å². The first-order valence-corrected chi connectivity index (χ1v) is 5.02. The molecule has 1 aliphatic heterocycles. The van der Waals surface area contributed by atoms with E-state index in [-0.39, 0.29) is 12.4 Å². The molecular weight excluding hydrogens is 182 g/mol. The third-order valence-corrected chi connectivity index (χ3v) is 2.57. The van der Waals surface area contributed by atoms with Crippen LogP contribution in [0.5, 0.6) is 0 Å². The Balaban J connectivity index is 2.18. The fraction of sp³-hybridized carbons (Fsp3) is 0.900. The van der Waals surface area contributed by atoms with Crippen molar-refractivity contribution in [2.75, 3.05) is 40.5 Å². The molecule has 0 bridgehead atoms. The first-order chi connectivity index (χ1) is 6.76. The summed E-state index contributed by atoms with van der Waals surface area (Å²) in [7, 11) is 3.30. The highest BCUT2D eigenvalue weighted by molar-refractivity contribution is 5.81. The van der Waals surface area contributed by atoms with Crippen LogP contribution in [0.3, 0.4) is 0 Å². The summed E-state index contributed by atoms with van der Waals surface area (Å²) in [6, 6.07) is 0. The van der Waals surface area contributed by atoms with E-state index < -0.39 is 0 Å². The first kappa shape index (κ1) is 11.6. The molecule has 0 aliphatic carbocycles. The van der Waals surface area contributed by atoms with E-state index in [9.17, 15) is 4.79 Å². The molecule has 0 saturated carbocycles. The highest BCUT2D eigenvalue weighted by atomic mass is 16.5. The second kappa shape index (κ2) is 6.11. The summed E-state index contributed by atoms with van der Waals surface area (Å²) in [5.74, 6) is 0.156. The molecule has 82 valence electrons. The molecule has 0 aromatic carbocycles. The number of nitrogens with zero attached hydrogens (tertiary/aromatic N) is 1. The van der Waals surface area contributed by atoms with Crippen LogP contribution in [0.4, 0.5) is 0 Å². The molecule has 1 fully saturated rings. The third kappa shape index (κ3) is 3.74. The number of piperidine rings is 1. The maximum Gasteiger partial charge on any atom is 0.172 e. The molecule has 1 heterocycles. The molecule has 0 aromatic heterocycles. The second-order valence-corrected chi connectivity index (χ2v) is 3.68. The van der Waals surface area contributed by atoms with Gasteiger partial charge in [0.15, 0.2) is 5.78 Å². The van der Waals surface area contributed by atoms with Gasteiger partial charge in [-0.2, -0.15) is 0 Å². The van der Waals surface area contributed by atoms with Crippen molar-refractivity contribution >= 4 is 5.78 Å². The Morgan fingerprint density at radius 3 is 2.50 bits per heavy atom. The number of rotatable bonds is 5. The van der Waals surface area contributed by atoms with E-state index in [1.165, 1.54) is 0 Å². The Morgan fingerprint density at radius 2 is 2.00 bits per heavy atom. The number of carbonyl (C=O) groups is 1. The minimum absolute atomic E-state index is 0.156. The van der Waals surface area contributed by atoms with Crippen molar-refractivity contribution in [1.82, 2.24) is 4.90 Å². The molecule has 0 unspecified atom stereocenters. The lowest BCUT2D eigenvalue weighted by Crippen LogP contribution is -2.40. The average Bonchev–Trinajstić information content (AvgIpc) is 2.19. The van der Waals surface area contributed by atoms with Crippen molar-refractivity contribution in [3.63, 3.8) is 0 Å². The van der Waals surface area contributed by atoms with Gasteiger partial charge in [0.25, 0.3) is 0 Å². The lowest BCUT2D eigenvalue weighted by Gasteiger charge is -2.30. The highest BCUT2D eigenvalue weighted by Crippen LogP contribution is 2.12. The Bertz CT molecular complexity index is 176. The predicted octanol–water partition coefficient (Wildman–Crippen LogP) is 0.313. The van der Waals surface area contributed by atoms with E-state index in [0.29, 0.717) is 12.6 Å². The zero-order valence-electron chi connectivity index (χ0n) is 8.99. The summed E-state index contributed by atoms with van der Waals surface area (Å²) < 4.78 is 10.0. The van der Waals surface area contributed by atoms with Gasteiger partial charge in [0.2, 0.25) is 0 Å². The molecule has 4 nitrogen and oxygen atoms in total. The number of likely N-dealkylation sites (tertiary alicyclic amines) is 1. The standard InChI is InChI=1S/C10H19NO3/c1-13-8-9(12)7-11-5-3-10(14-2)4-6-11/h10H,3-8H2,1-2H3. The topological polar surface area (TPSA) is 38.8 Å². The molecular formula is C10H19NO3. The quantitative estimate of drug-likeness (QED) is 0.642. The number of hydrogen-bond donors (Lipinski definition) is 0. The summed E-state index contributed by atoms with van der Waals surface area (Å²) >= 11 is 0. The monoisotopic (exact) mass is 201 g/mol. The summed E-state index contributed by atoms with van der Waals surface area (Å²) in [6.07, 6.45) is 2.43.